The van der Waals surface area contributed by atoms with Crippen molar-refractivity contribution in [2.24, 2.45) is 0 Å². The zero-order valence-electron chi connectivity index (χ0n) is 15.9. The van der Waals surface area contributed by atoms with Crippen LogP contribution in [0.1, 0.15) is 41.0 Å². The third-order valence-corrected chi connectivity index (χ3v) is 4.33. The molecule has 0 aliphatic rings. The summed E-state index contributed by atoms with van der Waals surface area (Å²) in [6.07, 6.45) is 0.814. The van der Waals surface area contributed by atoms with E-state index in [1.807, 2.05) is 13.8 Å². The summed E-state index contributed by atoms with van der Waals surface area (Å²) in [6, 6.07) is 7.74. The fourth-order valence-corrected chi connectivity index (χ4v) is 2.89. The summed E-state index contributed by atoms with van der Waals surface area (Å²) in [5.41, 5.74) is 0.987. The summed E-state index contributed by atoms with van der Waals surface area (Å²) in [4.78, 5) is 24.6. The number of nitrogens with one attached hydrogen (secondary N) is 2. The molecule has 150 valence electrons. The molecule has 0 fully saturated rings. The minimum atomic E-state index is -0.407. The normalized spacial score (nSPS) is 10.3. The Kier molecular flexibility index (Phi) is 7.96. The van der Waals surface area contributed by atoms with Crippen molar-refractivity contribution in [1.29, 1.82) is 0 Å². The van der Waals surface area contributed by atoms with Gasteiger partial charge in [-0.1, -0.05) is 30.1 Å². The van der Waals surface area contributed by atoms with Gasteiger partial charge < -0.3 is 20.1 Å². The largest absolute Gasteiger partial charge is 0.490 e. The number of rotatable bonds is 8. The highest BCUT2D eigenvalue weighted by molar-refractivity contribution is 6.34. The number of carbonyl (C=O) groups is 2. The number of carbonyl (C=O) groups excluding carboxylic acids is 2. The number of hydrogen-bond donors (Lipinski definition) is 2. The highest BCUT2D eigenvalue weighted by Crippen LogP contribution is 2.37. The maximum atomic E-state index is 12.7. The van der Waals surface area contributed by atoms with E-state index < -0.39 is 5.91 Å². The summed E-state index contributed by atoms with van der Waals surface area (Å²) in [5.74, 6) is 0.0568. The second-order valence-electron chi connectivity index (χ2n) is 5.79. The van der Waals surface area contributed by atoms with Gasteiger partial charge in [0.25, 0.3) is 11.8 Å². The third kappa shape index (κ3) is 5.30. The van der Waals surface area contributed by atoms with Crippen LogP contribution in [0, 0.1) is 0 Å². The monoisotopic (exact) mass is 424 g/mol. The smallest absolute Gasteiger partial charge is 0.255 e. The van der Waals surface area contributed by atoms with Crippen molar-refractivity contribution in [1.82, 2.24) is 5.32 Å². The first-order chi connectivity index (χ1) is 13.4. The van der Waals surface area contributed by atoms with Crippen molar-refractivity contribution in [3.05, 3.63) is 51.5 Å². The van der Waals surface area contributed by atoms with E-state index in [0.29, 0.717) is 36.0 Å². The molecule has 2 aromatic carbocycles. The average Bonchev–Trinajstić information content (AvgIpc) is 2.68. The van der Waals surface area contributed by atoms with E-state index in [9.17, 15) is 9.59 Å². The predicted octanol–water partition coefficient (Wildman–Crippen LogP) is 4.79. The molecule has 0 saturated carbocycles. The molecule has 0 aromatic heterocycles. The minimum absolute atomic E-state index is 0.262. The number of amides is 2. The number of halogens is 2. The van der Waals surface area contributed by atoms with Gasteiger partial charge in [-0.15, -0.1) is 0 Å². The molecular weight excluding hydrogens is 403 g/mol. The molecule has 28 heavy (non-hydrogen) atoms. The molecule has 2 N–H and O–H groups in total. The van der Waals surface area contributed by atoms with Gasteiger partial charge in [0.05, 0.1) is 28.8 Å². The van der Waals surface area contributed by atoms with Crippen LogP contribution in [0.2, 0.25) is 10.0 Å². The lowest BCUT2D eigenvalue weighted by atomic mass is 10.1. The van der Waals surface area contributed by atoms with Crippen molar-refractivity contribution >= 4 is 40.7 Å². The molecule has 0 heterocycles. The zero-order valence-corrected chi connectivity index (χ0v) is 17.4. The van der Waals surface area contributed by atoms with E-state index in [4.69, 9.17) is 32.7 Å². The number of ether oxygens (including phenoxy) is 2. The summed E-state index contributed by atoms with van der Waals surface area (Å²) in [7, 11) is 1.50. The fraction of sp³-hybridized carbons (Fsp3) is 0.300. The van der Waals surface area contributed by atoms with E-state index in [1.165, 1.54) is 19.2 Å². The van der Waals surface area contributed by atoms with Crippen LogP contribution in [0.15, 0.2) is 30.3 Å². The number of hydrogen-bond acceptors (Lipinski definition) is 4. The molecule has 0 saturated heterocycles. The third-order valence-electron chi connectivity index (χ3n) is 3.72. The van der Waals surface area contributed by atoms with E-state index in [-0.39, 0.29) is 21.5 Å². The Balaban J connectivity index is 2.30. The molecule has 0 radical (unpaired) electrons. The SMILES string of the molecule is CCCOc1c(Cl)cc(C(=O)Nc2ccc(Cl)c(C(=O)NC)c2)cc1OCC. The van der Waals surface area contributed by atoms with Gasteiger partial charge >= 0.3 is 0 Å². The fourth-order valence-electron chi connectivity index (χ4n) is 2.42. The Morgan fingerprint density at radius 3 is 2.39 bits per heavy atom. The van der Waals surface area contributed by atoms with Crippen LogP contribution in [0.3, 0.4) is 0 Å². The summed E-state index contributed by atoms with van der Waals surface area (Å²) >= 11 is 12.3. The van der Waals surface area contributed by atoms with Crippen LogP contribution in [0.4, 0.5) is 5.69 Å². The number of benzene rings is 2. The lowest BCUT2D eigenvalue weighted by Crippen LogP contribution is -2.19. The van der Waals surface area contributed by atoms with Crippen LogP contribution >= 0.6 is 23.2 Å². The predicted molar refractivity (Wildman–Crippen MR) is 111 cm³/mol. The van der Waals surface area contributed by atoms with Crippen molar-refractivity contribution < 1.29 is 19.1 Å². The summed E-state index contributed by atoms with van der Waals surface area (Å²) < 4.78 is 11.2. The van der Waals surface area contributed by atoms with E-state index in [0.717, 1.165) is 6.42 Å². The van der Waals surface area contributed by atoms with Crippen LogP contribution in [-0.2, 0) is 0 Å². The van der Waals surface area contributed by atoms with Gasteiger partial charge in [-0.25, -0.2) is 0 Å². The van der Waals surface area contributed by atoms with E-state index in [2.05, 4.69) is 10.6 Å². The van der Waals surface area contributed by atoms with Crippen molar-refractivity contribution in [3.63, 3.8) is 0 Å². The van der Waals surface area contributed by atoms with E-state index >= 15 is 0 Å². The lowest BCUT2D eigenvalue weighted by molar-refractivity contribution is 0.0961. The molecule has 0 atom stereocenters. The maximum Gasteiger partial charge on any atom is 0.255 e. The Bertz CT molecular complexity index is 872. The lowest BCUT2D eigenvalue weighted by Gasteiger charge is -2.15. The van der Waals surface area contributed by atoms with Crippen LogP contribution in [-0.4, -0.2) is 32.1 Å². The standard InChI is InChI=1S/C20H22Cl2N2O4/c1-4-8-28-18-16(22)9-12(10-17(18)27-5-2)19(25)24-13-6-7-15(21)14(11-13)20(26)23-3/h6-7,9-11H,4-5,8H2,1-3H3,(H,23,26)(H,24,25). The van der Waals surface area contributed by atoms with Gasteiger partial charge in [-0.2, -0.15) is 0 Å². The summed E-state index contributed by atoms with van der Waals surface area (Å²) in [5, 5.41) is 5.81. The van der Waals surface area contributed by atoms with Crippen molar-refractivity contribution in [2.75, 3.05) is 25.6 Å². The van der Waals surface area contributed by atoms with Crippen LogP contribution < -0.4 is 20.1 Å². The molecular formula is C20H22Cl2N2O4. The first kappa shape index (κ1) is 21.9. The highest BCUT2D eigenvalue weighted by atomic mass is 35.5. The van der Waals surface area contributed by atoms with Gasteiger partial charge in [0.15, 0.2) is 11.5 Å². The molecule has 0 unspecified atom stereocenters. The summed E-state index contributed by atoms with van der Waals surface area (Å²) in [6.45, 7) is 4.70. The number of anilines is 1. The zero-order chi connectivity index (χ0) is 20.7. The molecule has 0 aliphatic heterocycles. The van der Waals surface area contributed by atoms with Crippen LogP contribution in [0.25, 0.3) is 0 Å². The second kappa shape index (κ2) is 10.2. The first-order valence-corrected chi connectivity index (χ1v) is 9.58. The molecule has 0 bridgehead atoms. The van der Waals surface area contributed by atoms with Gasteiger partial charge in [-0.05, 0) is 43.7 Å². The Labute approximate surface area is 174 Å². The first-order valence-electron chi connectivity index (χ1n) is 8.83. The average molecular weight is 425 g/mol. The second-order valence-corrected chi connectivity index (χ2v) is 6.61. The molecule has 6 nitrogen and oxygen atoms in total. The van der Waals surface area contributed by atoms with Crippen molar-refractivity contribution in [2.45, 2.75) is 20.3 Å². The molecule has 2 aromatic rings. The van der Waals surface area contributed by atoms with Gasteiger partial charge in [-0.3, -0.25) is 9.59 Å². The molecule has 2 rings (SSSR count). The van der Waals surface area contributed by atoms with Gasteiger partial charge in [0.2, 0.25) is 0 Å². The quantitative estimate of drug-likeness (QED) is 0.638. The van der Waals surface area contributed by atoms with Crippen molar-refractivity contribution in [3.8, 4) is 11.5 Å². The maximum absolute atomic E-state index is 12.7. The molecule has 8 heteroatoms. The molecule has 2 amide bonds. The van der Waals surface area contributed by atoms with Gasteiger partial charge in [0, 0.05) is 18.3 Å². The Morgan fingerprint density at radius 2 is 1.75 bits per heavy atom. The topological polar surface area (TPSA) is 76.7 Å². The molecule has 0 aliphatic carbocycles. The Morgan fingerprint density at radius 1 is 1.00 bits per heavy atom. The minimum Gasteiger partial charge on any atom is -0.490 e. The van der Waals surface area contributed by atoms with Crippen LogP contribution in [0.5, 0.6) is 11.5 Å². The van der Waals surface area contributed by atoms with Gasteiger partial charge in [0.1, 0.15) is 0 Å². The Hall–Kier alpha value is -2.44. The molecule has 0 spiro atoms. The van der Waals surface area contributed by atoms with E-state index in [1.54, 1.807) is 18.2 Å². The highest BCUT2D eigenvalue weighted by Gasteiger charge is 2.17.